The number of hydrogen-bond acceptors (Lipinski definition) is 4. The molecular formula is C20H30N4O2. The van der Waals surface area contributed by atoms with E-state index in [0.717, 1.165) is 57.1 Å². The third kappa shape index (κ3) is 4.00. The first-order chi connectivity index (χ1) is 12.3. The molecule has 3 rings (SSSR count). The van der Waals surface area contributed by atoms with E-state index in [2.05, 4.69) is 17.0 Å². The largest absolute Gasteiger partial charge is 0.368 e. The summed E-state index contributed by atoms with van der Waals surface area (Å²) in [5.41, 5.74) is 3.29. The molecule has 26 heavy (non-hydrogen) atoms. The molecule has 0 radical (unpaired) electrons. The van der Waals surface area contributed by atoms with E-state index in [1.54, 1.807) is 6.92 Å². The van der Waals surface area contributed by atoms with Crippen molar-refractivity contribution in [2.45, 2.75) is 40.0 Å². The van der Waals surface area contributed by atoms with Crippen molar-refractivity contribution in [2.75, 3.05) is 44.2 Å². The Kier molecular flexibility index (Phi) is 5.49. The molecule has 1 aromatic heterocycles. The molecule has 0 N–H and O–H groups in total. The van der Waals surface area contributed by atoms with Gasteiger partial charge in [0, 0.05) is 75.1 Å². The lowest BCUT2D eigenvalue weighted by atomic mass is 10.0. The second kappa shape index (κ2) is 7.64. The average molecular weight is 358 g/mol. The predicted octanol–water partition coefficient (Wildman–Crippen LogP) is 2.03. The summed E-state index contributed by atoms with van der Waals surface area (Å²) in [6.45, 7) is 12.4. The topological polar surface area (TPSA) is 56.8 Å². The number of anilines is 1. The smallest absolute Gasteiger partial charge is 0.225 e. The first kappa shape index (κ1) is 18.7. The molecule has 2 aliphatic rings. The Morgan fingerprint density at radius 3 is 2.38 bits per heavy atom. The lowest BCUT2D eigenvalue weighted by molar-refractivity contribution is -0.133. The van der Waals surface area contributed by atoms with Gasteiger partial charge in [-0.05, 0) is 25.5 Å². The number of aryl methyl sites for hydroxylation is 1. The van der Waals surface area contributed by atoms with Gasteiger partial charge in [-0.15, -0.1) is 0 Å². The number of carbonyl (C=O) groups excluding carboxylic acids is 2. The number of hydrogen-bond donors (Lipinski definition) is 0. The Morgan fingerprint density at radius 2 is 1.77 bits per heavy atom. The summed E-state index contributed by atoms with van der Waals surface area (Å²) in [4.78, 5) is 34.8. The molecule has 2 fully saturated rings. The van der Waals surface area contributed by atoms with Crippen LogP contribution in [0.5, 0.6) is 0 Å². The molecule has 0 spiro atoms. The number of rotatable bonds is 3. The third-order valence-corrected chi connectivity index (χ3v) is 5.46. The van der Waals surface area contributed by atoms with Crippen LogP contribution in [-0.4, -0.2) is 65.9 Å². The van der Waals surface area contributed by atoms with Crippen molar-refractivity contribution in [1.82, 2.24) is 14.8 Å². The van der Waals surface area contributed by atoms with Crippen molar-refractivity contribution in [3.8, 4) is 0 Å². The van der Waals surface area contributed by atoms with Crippen LogP contribution in [0.3, 0.4) is 0 Å². The fraction of sp³-hybridized carbons (Fsp3) is 0.650. The highest BCUT2D eigenvalue weighted by Crippen LogP contribution is 2.30. The molecule has 0 aliphatic carbocycles. The van der Waals surface area contributed by atoms with Crippen molar-refractivity contribution in [3.05, 3.63) is 23.5 Å². The highest BCUT2D eigenvalue weighted by atomic mass is 16.2. The summed E-state index contributed by atoms with van der Waals surface area (Å²) in [7, 11) is 0. The number of piperazine rings is 1. The summed E-state index contributed by atoms with van der Waals surface area (Å²) >= 11 is 0. The van der Waals surface area contributed by atoms with Gasteiger partial charge in [0.25, 0.3) is 0 Å². The first-order valence-electron chi connectivity index (χ1n) is 9.63. The van der Waals surface area contributed by atoms with Crippen molar-refractivity contribution in [1.29, 1.82) is 0 Å². The Bertz CT molecular complexity index is 680. The molecule has 2 amide bonds. The molecule has 0 aromatic carbocycles. The normalized spacial score (nSPS) is 20.8. The molecule has 3 heterocycles. The molecule has 1 atom stereocenters. The molecular weight excluding hydrogens is 328 g/mol. The Balaban J connectivity index is 1.71. The molecule has 2 aliphatic heterocycles. The van der Waals surface area contributed by atoms with Gasteiger partial charge in [-0.1, -0.05) is 13.8 Å². The molecule has 1 aromatic rings. The number of aromatic nitrogens is 1. The Labute approximate surface area is 156 Å². The standard InChI is InChI=1S/C20H30N4O2/c1-14(2)20(26)24-6-5-17(13-24)19-12-18(11-15(3)21-19)23-9-7-22(8-10-23)16(4)25/h11-12,14,17H,5-10,13H2,1-4H3. The van der Waals surface area contributed by atoms with E-state index in [1.807, 2.05) is 30.6 Å². The summed E-state index contributed by atoms with van der Waals surface area (Å²) in [6.07, 6.45) is 0.979. The Morgan fingerprint density at radius 1 is 1.08 bits per heavy atom. The maximum absolute atomic E-state index is 12.3. The van der Waals surface area contributed by atoms with Crippen LogP contribution in [0.15, 0.2) is 12.1 Å². The highest BCUT2D eigenvalue weighted by molar-refractivity contribution is 5.78. The summed E-state index contributed by atoms with van der Waals surface area (Å²) in [5.74, 6) is 0.750. The van der Waals surface area contributed by atoms with Gasteiger partial charge < -0.3 is 14.7 Å². The number of carbonyl (C=O) groups is 2. The van der Waals surface area contributed by atoms with Crippen LogP contribution in [0.25, 0.3) is 0 Å². The highest BCUT2D eigenvalue weighted by Gasteiger charge is 2.30. The van der Waals surface area contributed by atoms with E-state index >= 15 is 0 Å². The molecule has 6 nitrogen and oxygen atoms in total. The summed E-state index contributed by atoms with van der Waals surface area (Å²) in [5, 5.41) is 0. The zero-order chi connectivity index (χ0) is 18.8. The van der Waals surface area contributed by atoms with Crippen molar-refractivity contribution < 1.29 is 9.59 Å². The van der Waals surface area contributed by atoms with Gasteiger partial charge in [-0.3, -0.25) is 14.6 Å². The predicted molar refractivity (Wildman–Crippen MR) is 102 cm³/mol. The van der Waals surface area contributed by atoms with Crippen LogP contribution >= 0.6 is 0 Å². The zero-order valence-electron chi connectivity index (χ0n) is 16.4. The minimum Gasteiger partial charge on any atom is -0.368 e. The van der Waals surface area contributed by atoms with E-state index < -0.39 is 0 Å². The van der Waals surface area contributed by atoms with Crippen LogP contribution in [-0.2, 0) is 9.59 Å². The fourth-order valence-corrected chi connectivity index (χ4v) is 3.91. The van der Waals surface area contributed by atoms with E-state index in [-0.39, 0.29) is 17.7 Å². The van der Waals surface area contributed by atoms with E-state index in [9.17, 15) is 9.59 Å². The summed E-state index contributed by atoms with van der Waals surface area (Å²) in [6, 6.07) is 4.31. The molecule has 0 bridgehead atoms. The van der Waals surface area contributed by atoms with Gasteiger partial charge in [0.15, 0.2) is 0 Å². The second-order valence-electron chi connectivity index (χ2n) is 7.81. The molecule has 1 unspecified atom stereocenters. The molecule has 142 valence electrons. The van der Waals surface area contributed by atoms with Crippen LogP contribution in [0.4, 0.5) is 5.69 Å². The van der Waals surface area contributed by atoms with Crippen molar-refractivity contribution in [3.63, 3.8) is 0 Å². The summed E-state index contributed by atoms with van der Waals surface area (Å²) < 4.78 is 0. The third-order valence-electron chi connectivity index (χ3n) is 5.46. The van der Waals surface area contributed by atoms with Gasteiger partial charge in [0.2, 0.25) is 11.8 Å². The maximum Gasteiger partial charge on any atom is 0.225 e. The van der Waals surface area contributed by atoms with E-state index in [4.69, 9.17) is 4.98 Å². The van der Waals surface area contributed by atoms with E-state index in [1.165, 1.54) is 5.69 Å². The zero-order valence-corrected chi connectivity index (χ0v) is 16.4. The van der Waals surface area contributed by atoms with Gasteiger partial charge in [-0.2, -0.15) is 0 Å². The first-order valence-corrected chi connectivity index (χ1v) is 9.63. The monoisotopic (exact) mass is 358 g/mol. The molecule has 0 saturated carbocycles. The maximum atomic E-state index is 12.3. The number of pyridine rings is 1. The number of likely N-dealkylation sites (tertiary alicyclic amines) is 1. The second-order valence-corrected chi connectivity index (χ2v) is 7.81. The number of amides is 2. The van der Waals surface area contributed by atoms with Gasteiger partial charge in [0.05, 0.1) is 0 Å². The van der Waals surface area contributed by atoms with Crippen LogP contribution in [0.2, 0.25) is 0 Å². The Hall–Kier alpha value is -2.11. The van der Waals surface area contributed by atoms with Crippen LogP contribution in [0, 0.1) is 12.8 Å². The van der Waals surface area contributed by atoms with Crippen molar-refractivity contribution >= 4 is 17.5 Å². The van der Waals surface area contributed by atoms with Crippen molar-refractivity contribution in [2.24, 2.45) is 5.92 Å². The van der Waals surface area contributed by atoms with Crippen LogP contribution < -0.4 is 4.90 Å². The average Bonchev–Trinajstić information content (AvgIpc) is 3.10. The lowest BCUT2D eigenvalue weighted by Crippen LogP contribution is -2.48. The minimum absolute atomic E-state index is 0.0485. The SMILES string of the molecule is CC(=O)N1CCN(c2cc(C)nc(C3CCN(C(=O)C(C)C)C3)c2)CC1. The fourth-order valence-electron chi connectivity index (χ4n) is 3.91. The quantitative estimate of drug-likeness (QED) is 0.830. The minimum atomic E-state index is 0.0485. The van der Waals surface area contributed by atoms with Crippen LogP contribution in [0.1, 0.15) is 44.5 Å². The van der Waals surface area contributed by atoms with Gasteiger partial charge >= 0.3 is 0 Å². The van der Waals surface area contributed by atoms with Gasteiger partial charge in [-0.25, -0.2) is 0 Å². The molecule has 2 saturated heterocycles. The van der Waals surface area contributed by atoms with E-state index in [0.29, 0.717) is 5.92 Å². The lowest BCUT2D eigenvalue weighted by Gasteiger charge is -2.36. The molecule has 6 heteroatoms. The van der Waals surface area contributed by atoms with Gasteiger partial charge in [0.1, 0.15) is 0 Å². The number of nitrogens with zero attached hydrogens (tertiary/aromatic N) is 4.